The molecule has 0 aliphatic heterocycles. The fraction of sp³-hybridized carbons (Fsp3) is 0.200. The monoisotopic (exact) mass is 271 g/mol. The van der Waals surface area contributed by atoms with Gasteiger partial charge in [-0.15, -0.1) is 0 Å². The summed E-state index contributed by atoms with van der Waals surface area (Å²) in [5.74, 6) is 0.115. The van der Waals surface area contributed by atoms with Crippen molar-refractivity contribution in [3.05, 3.63) is 54.4 Å². The zero-order valence-corrected chi connectivity index (χ0v) is 11.2. The third-order valence-corrected chi connectivity index (χ3v) is 2.80. The van der Waals surface area contributed by atoms with E-state index < -0.39 is 5.91 Å². The van der Waals surface area contributed by atoms with Crippen LogP contribution in [0, 0.1) is 0 Å². The maximum absolute atomic E-state index is 10.7. The lowest BCUT2D eigenvalue weighted by molar-refractivity contribution is -0.119. The summed E-state index contributed by atoms with van der Waals surface area (Å²) in [5.41, 5.74) is 7.10. The van der Waals surface area contributed by atoms with E-state index in [0.29, 0.717) is 5.75 Å². The maximum Gasteiger partial charge on any atom is 0.255 e. The van der Waals surface area contributed by atoms with Crippen LogP contribution in [0.15, 0.2) is 48.8 Å². The lowest BCUT2D eigenvalue weighted by Crippen LogP contribution is -2.20. The van der Waals surface area contributed by atoms with Crippen LogP contribution in [0.5, 0.6) is 5.75 Å². The highest BCUT2D eigenvalue weighted by Crippen LogP contribution is 2.22. The molecule has 5 nitrogen and oxygen atoms in total. The molecule has 0 aliphatic rings. The predicted octanol–water partition coefficient (Wildman–Crippen LogP) is 2.12. The molecule has 0 bridgehead atoms. The topological polar surface area (TPSA) is 77.2 Å². The van der Waals surface area contributed by atoms with E-state index in [1.54, 1.807) is 18.5 Å². The number of amides is 1. The van der Waals surface area contributed by atoms with Gasteiger partial charge in [0.05, 0.1) is 0 Å². The first-order valence-corrected chi connectivity index (χ1v) is 6.33. The van der Waals surface area contributed by atoms with E-state index in [2.05, 4.69) is 17.2 Å². The van der Waals surface area contributed by atoms with Crippen molar-refractivity contribution in [2.24, 2.45) is 5.73 Å². The third kappa shape index (κ3) is 3.98. The predicted molar refractivity (Wildman–Crippen MR) is 77.4 cm³/mol. The quantitative estimate of drug-likeness (QED) is 0.843. The number of anilines is 1. The fourth-order valence-electron chi connectivity index (χ4n) is 1.82. The standard InChI is InChI=1S/C15H17N3O2/c1-11(12-5-7-17-8-6-12)18-13-3-2-4-14(9-13)20-10-15(16)19/h2-9,11,18H,10H2,1H3,(H2,16,19). The van der Waals surface area contributed by atoms with Crippen molar-refractivity contribution >= 4 is 11.6 Å². The Morgan fingerprint density at radius 2 is 2.10 bits per heavy atom. The molecule has 104 valence electrons. The van der Waals surface area contributed by atoms with Crippen LogP contribution < -0.4 is 15.8 Å². The largest absolute Gasteiger partial charge is 0.484 e. The van der Waals surface area contributed by atoms with Crippen LogP contribution in [0.1, 0.15) is 18.5 Å². The summed E-state index contributed by atoms with van der Waals surface area (Å²) in [6, 6.07) is 11.5. The molecule has 1 aromatic heterocycles. The number of rotatable bonds is 6. The molecule has 1 amide bonds. The van der Waals surface area contributed by atoms with Gasteiger partial charge >= 0.3 is 0 Å². The molecular weight excluding hydrogens is 254 g/mol. The van der Waals surface area contributed by atoms with E-state index in [1.165, 1.54) is 0 Å². The van der Waals surface area contributed by atoms with E-state index in [9.17, 15) is 4.79 Å². The Labute approximate surface area is 117 Å². The van der Waals surface area contributed by atoms with Gasteiger partial charge in [0, 0.05) is 30.2 Å². The minimum absolute atomic E-state index is 0.122. The summed E-state index contributed by atoms with van der Waals surface area (Å²) in [5, 5.41) is 3.36. The summed E-state index contributed by atoms with van der Waals surface area (Å²) in [6.45, 7) is 1.94. The van der Waals surface area contributed by atoms with Gasteiger partial charge in [0.1, 0.15) is 5.75 Å². The minimum Gasteiger partial charge on any atom is -0.484 e. The molecule has 0 saturated heterocycles. The minimum atomic E-state index is -0.492. The van der Waals surface area contributed by atoms with E-state index in [1.807, 2.05) is 30.3 Å². The first-order valence-electron chi connectivity index (χ1n) is 6.33. The second-order valence-corrected chi connectivity index (χ2v) is 4.43. The van der Waals surface area contributed by atoms with Crippen LogP contribution in [-0.2, 0) is 4.79 Å². The van der Waals surface area contributed by atoms with Crippen molar-refractivity contribution in [1.29, 1.82) is 0 Å². The van der Waals surface area contributed by atoms with Crippen molar-refractivity contribution in [2.45, 2.75) is 13.0 Å². The second kappa shape index (κ2) is 6.56. The molecule has 0 fully saturated rings. The summed E-state index contributed by atoms with van der Waals surface area (Å²) in [4.78, 5) is 14.7. The molecule has 20 heavy (non-hydrogen) atoms. The van der Waals surface area contributed by atoms with Crippen LogP contribution in [0.4, 0.5) is 5.69 Å². The maximum atomic E-state index is 10.7. The average Bonchev–Trinajstić information content (AvgIpc) is 2.46. The van der Waals surface area contributed by atoms with E-state index >= 15 is 0 Å². The second-order valence-electron chi connectivity index (χ2n) is 4.43. The number of nitrogens with zero attached hydrogens (tertiary/aromatic N) is 1. The number of ether oxygens (including phenoxy) is 1. The summed E-state index contributed by atoms with van der Waals surface area (Å²) < 4.78 is 5.27. The molecule has 1 unspecified atom stereocenters. The van der Waals surface area contributed by atoms with Crippen molar-refractivity contribution in [2.75, 3.05) is 11.9 Å². The Balaban J connectivity index is 2.02. The Bertz CT molecular complexity index is 572. The van der Waals surface area contributed by atoms with Gasteiger partial charge in [0.2, 0.25) is 0 Å². The highest BCUT2D eigenvalue weighted by atomic mass is 16.5. The molecule has 0 radical (unpaired) electrons. The van der Waals surface area contributed by atoms with Crippen LogP contribution in [0.2, 0.25) is 0 Å². The van der Waals surface area contributed by atoms with Crippen LogP contribution >= 0.6 is 0 Å². The molecule has 3 N–H and O–H groups in total. The highest BCUT2D eigenvalue weighted by molar-refractivity contribution is 5.75. The Kier molecular flexibility index (Phi) is 4.55. The molecule has 0 aliphatic carbocycles. The molecule has 0 spiro atoms. The number of hydrogen-bond acceptors (Lipinski definition) is 4. The van der Waals surface area contributed by atoms with Gasteiger partial charge in [-0.25, -0.2) is 0 Å². The summed E-state index contributed by atoms with van der Waals surface area (Å²) in [6.07, 6.45) is 3.53. The number of aromatic nitrogens is 1. The Hall–Kier alpha value is -2.56. The number of nitrogens with one attached hydrogen (secondary N) is 1. The van der Waals surface area contributed by atoms with Gasteiger partial charge in [-0.2, -0.15) is 0 Å². The highest BCUT2D eigenvalue weighted by Gasteiger charge is 2.05. The van der Waals surface area contributed by atoms with Crippen LogP contribution in [0.3, 0.4) is 0 Å². The van der Waals surface area contributed by atoms with Crippen molar-refractivity contribution in [1.82, 2.24) is 4.98 Å². The SMILES string of the molecule is CC(Nc1cccc(OCC(N)=O)c1)c1ccncc1. The normalized spacial score (nSPS) is 11.7. The molecule has 1 aromatic carbocycles. The Morgan fingerprint density at radius 3 is 2.80 bits per heavy atom. The molecule has 0 saturated carbocycles. The number of primary amides is 1. The van der Waals surface area contributed by atoms with Crippen LogP contribution in [0.25, 0.3) is 0 Å². The number of carbonyl (C=O) groups excluding carboxylic acids is 1. The number of hydrogen-bond donors (Lipinski definition) is 2. The van der Waals surface area contributed by atoms with Gasteiger partial charge in [-0.3, -0.25) is 9.78 Å². The first kappa shape index (κ1) is 13.9. The average molecular weight is 271 g/mol. The first-order chi connectivity index (χ1) is 9.65. The van der Waals surface area contributed by atoms with Gasteiger partial charge in [-0.05, 0) is 36.8 Å². The van der Waals surface area contributed by atoms with Crippen molar-refractivity contribution in [3.8, 4) is 5.75 Å². The van der Waals surface area contributed by atoms with Gasteiger partial charge < -0.3 is 15.8 Å². The van der Waals surface area contributed by atoms with Crippen LogP contribution in [-0.4, -0.2) is 17.5 Å². The third-order valence-electron chi connectivity index (χ3n) is 2.80. The lowest BCUT2D eigenvalue weighted by Gasteiger charge is -2.16. The smallest absolute Gasteiger partial charge is 0.255 e. The zero-order chi connectivity index (χ0) is 14.4. The molecular formula is C15H17N3O2. The fourth-order valence-corrected chi connectivity index (χ4v) is 1.82. The Morgan fingerprint density at radius 1 is 1.35 bits per heavy atom. The van der Waals surface area contributed by atoms with Crippen molar-refractivity contribution < 1.29 is 9.53 Å². The molecule has 1 atom stereocenters. The van der Waals surface area contributed by atoms with Gasteiger partial charge in [-0.1, -0.05) is 6.07 Å². The number of nitrogens with two attached hydrogens (primary N) is 1. The zero-order valence-electron chi connectivity index (χ0n) is 11.2. The molecule has 2 rings (SSSR count). The molecule has 5 heteroatoms. The number of carbonyl (C=O) groups is 1. The molecule has 1 heterocycles. The van der Waals surface area contributed by atoms with E-state index in [4.69, 9.17) is 10.5 Å². The summed E-state index contributed by atoms with van der Waals surface area (Å²) >= 11 is 0. The molecule has 2 aromatic rings. The van der Waals surface area contributed by atoms with Gasteiger partial charge in [0.15, 0.2) is 6.61 Å². The van der Waals surface area contributed by atoms with Gasteiger partial charge in [0.25, 0.3) is 5.91 Å². The van der Waals surface area contributed by atoms with E-state index in [0.717, 1.165) is 11.3 Å². The summed E-state index contributed by atoms with van der Waals surface area (Å²) in [7, 11) is 0. The lowest BCUT2D eigenvalue weighted by atomic mass is 10.1. The number of pyridine rings is 1. The number of benzene rings is 1. The van der Waals surface area contributed by atoms with Crippen molar-refractivity contribution in [3.63, 3.8) is 0 Å². The van der Waals surface area contributed by atoms with E-state index in [-0.39, 0.29) is 12.6 Å².